The normalized spacial score (nSPS) is 23.2. The second-order valence-corrected chi connectivity index (χ2v) is 6.07. The standard InChI is InChI=1S/C15H22N2O2/c1-11-6-4-7-12(16-11)10-17-9-5-8-15(2,3)13(17)14(18)19/h4,6-7,13H,5,8-10H2,1-3H3,(H,18,19). The van der Waals surface area contributed by atoms with Crippen molar-refractivity contribution in [1.82, 2.24) is 9.88 Å². The number of likely N-dealkylation sites (tertiary alicyclic amines) is 1. The number of hydrogen-bond acceptors (Lipinski definition) is 3. The molecule has 1 atom stereocenters. The largest absolute Gasteiger partial charge is 0.480 e. The van der Waals surface area contributed by atoms with Crippen LogP contribution < -0.4 is 0 Å². The van der Waals surface area contributed by atoms with E-state index in [1.165, 1.54) is 0 Å². The lowest BCUT2D eigenvalue weighted by molar-refractivity contribution is -0.151. The van der Waals surface area contributed by atoms with Crippen LogP contribution in [0.1, 0.15) is 38.1 Å². The molecular weight excluding hydrogens is 240 g/mol. The number of hydrogen-bond donors (Lipinski definition) is 1. The summed E-state index contributed by atoms with van der Waals surface area (Å²) in [6.45, 7) is 7.49. The highest BCUT2D eigenvalue weighted by Gasteiger charge is 2.42. The number of aryl methyl sites for hydroxylation is 1. The van der Waals surface area contributed by atoms with Crippen LogP contribution in [0.3, 0.4) is 0 Å². The van der Waals surface area contributed by atoms with Gasteiger partial charge in [0.15, 0.2) is 0 Å². The van der Waals surface area contributed by atoms with Crippen LogP contribution in [0.2, 0.25) is 0 Å². The Morgan fingerprint density at radius 3 is 2.89 bits per heavy atom. The summed E-state index contributed by atoms with van der Waals surface area (Å²) in [7, 11) is 0. The summed E-state index contributed by atoms with van der Waals surface area (Å²) in [4.78, 5) is 18.1. The zero-order chi connectivity index (χ0) is 14.0. The van der Waals surface area contributed by atoms with Crippen molar-refractivity contribution in [2.75, 3.05) is 6.54 Å². The number of carboxylic acids is 1. The molecule has 0 saturated carbocycles. The van der Waals surface area contributed by atoms with Gasteiger partial charge in [-0.05, 0) is 43.9 Å². The molecule has 1 saturated heterocycles. The third-order valence-electron chi connectivity index (χ3n) is 3.92. The molecule has 4 heteroatoms. The van der Waals surface area contributed by atoms with Gasteiger partial charge in [0.1, 0.15) is 6.04 Å². The van der Waals surface area contributed by atoms with E-state index in [0.717, 1.165) is 30.8 Å². The smallest absolute Gasteiger partial charge is 0.321 e. The van der Waals surface area contributed by atoms with E-state index >= 15 is 0 Å². The first-order valence-electron chi connectivity index (χ1n) is 6.79. The Morgan fingerprint density at radius 1 is 1.53 bits per heavy atom. The zero-order valence-corrected chi connectivity index (χ0v) is 11.9. The van der Waals surface area contributed by atoms with Gasteiger partial charge in [-0.25, -0.2) is 0 Å². The summed E-state index contributed by atoms with van der Waals surface area (Å²) in [6, 6.07) is 5.47. The molecule has 19 heavy (non-hydrogen) atoms. The van der Waals surface area contributed by atoms with Gasteiger partial charge < -0.3 is 5.11 Å². The molecular formula is C15H22N2O2. The predicted molar refractivity (Wildman–Crippen MR) is 73.8 cm³/mol. The fourth-order valence-corrected chi connectivity index (χ4v) is 3.05. The maximum atomic E-state index is 11.6. The number of nitrogens with zero attached hydrogens (tertiary/aromatic N) is 2. The lowest BCUT2D eigenvalue weighted by Gasteiger charge is -2.43. The Balaban J connectivity index is 2.20. The molecule has 0 amide bonds. The van der Waals surface area contributed by atoms with Crippen LogP contribution in [0.4, 0.5) is 0 Å². The Bertz CT molecular complexity index is 471. The minimum atomic E-state index is -0.725. The van der Waals surface area contributed by atoms with Crippen molar-refractivity contribution in [1.29, 1.82) is 0 Å². The van der Waals surface area contributed by atoms with Crippen LogP contribution in [-0.4, -0.2) is 33.5 Å². The number of carboxylic acid groups (broad SMARTS) is 1. The van der Waals surface area contributed by atoms with Gasteiger partial charge in [-0.15, -0.1) is 0 Å². The van der Waals surface area contributed by atoms with E-state index in [0.29, 0.717) is 6.54 Å². The van der Waals surface area contributed by atoms with Crippen molar-refractivity contribution in [2.24, 2.45) is 5.41 Å². The highest BCUT2D eigenvalue weighted by atomic mass is 16.4. The molecule has 1 aliphatic rings. The zero-order valence-electron chi connectivity index (χ0n) is 11.9. The fraction of sp³-hybridized carbons (Fsp3) is 0.600. The molecule has 2 rings (SSSR count). The average Bonchev–Trinajstić information content (AvgIpc) is 2.26. The van der Waals surface area contributed by atoms with Crippen molar-refractivity contribution in [3.8, 4) is 0 Å². The number of rotatable bonds is 3. The molecule has 1 aromatic rings. The van der Waals surface area contributed by atoms with E-state index in [9.17, 15) is 9.90 Å². The van der Waals surface area contributed by atoms with Crippen molar-refractivity contribution < 1.29 is 9.90 Å². The number of carbonyl (C=O) groups is 1. The second kappa shape index (κ2) is 5.29. The molecule has 1 N–H and O–H groups in total. The van der Waals surface area contributed by atoms with Crippen LogP contribution >= 0.6 is 0 Å². The Hall–Kier alpha value is -1.42. The molecule has 104 valence electrons. The van der Waals surface area contributed by atoms with Gasteiger partial charge in [-0.3, -0.25) is 14.7 Å². The topological polar surface area (TPSA) is 53.4 Å². The number of aliphatic carboxylic acids is 1. The van der Waals surface area contributed by atoms with Crippen LogP contribution in [0.25, 0.3) is 0 Å². The molecule has 0 aromatic carbocycles. The number of piperidine rings is 1. The van der Waals surface area contributed by atoms with E-state index in [-0.39, 0.29) is 5.41 Å². The molecule has 2 heterocycles. The third-order valence-corrected chi connectivity index (χ3v) is 3.92. The predicted octanol–water partition coefficient (Wildman–Crippen LogP) is 2.47. The molecule has 0 radical (unpaired) electrons. The Labute approximate surface area is 114 Å². The van der Waals surface area contributed by atoms with E-state index in [1.54, 1.807) is 0 Å². The lowest BCUT2D eigenvalue weighted by atomic mass is 9.76. The van der Waals surface area contributed by atoms with E-state index in [2.05, 4.69) is 4.98 Å². The van der Waals surface area contributed by atoms with Gasteiger partial charge in [0.2, 0.25) is 0 Å². The summed E-state index contributed by atoms with van der Waals surface area (Å²) in [6.07, 6.45) is 2.00. The fourth-order valence-electron chi connectivity index (χ4n) is 3.05. The van der Waals surface area contributed by atoms with Crippen molar-refractivity contribution >= 4 is 5.97 Å². The van der Waals surface area contributed by atoms with Gasteiger partial charge >= 0.3 is 5.97 Å². The maximum absolute atomic E-state index is 11.6. The quantitative estimate of drug-likeness (QED) is 0.909. The van der Waals surface area contributed by atoms with Crippen LogP contribution in [0, 0.1) is 12.3 Å². The monoisotopic (exact) mass is 262 g/mol. The highest BCUT2D eigenvalue weighted by Crippen LogP contribution is 2.35. The van der Waals surface area contributed by atoms with Crippen LogP contribution in [0.15, 0.2) is 18.2 Å². The van der Waals surface area contributed by atoms with Gasteiger partial charge in [-0.2, -0.15) is 0 Å². The summed E-state index contributed by atoms with van der Waals surface area (Å²) < 4.78 is 0. The number of aromatic nitrogens is 1. The Kier molecular flexibility index (Phi) is 3.90. The van der Waals surface area contributed by atoms with Crippen molar-refractivity contribution in [3.63, 3.8) is 0 Å². The average molecular weight is 262 g/mol. The molecule has 1 aliphatic heterocycles. The molecule has 1 unspecified atom stereocenters. The molecule has 1 fully saturated rings. The summed E-state index contributed by atoms with van der Waals surface area (Å²) in [5.41, 5.74) is 1.73. The molecule has 0 aliphatic carbocycles. The Morgan fingerprint density at radius 2 is 2.26 bits per heavy atom. The summed E-state index contributed by atoms with van der Waals surface area (Å²) >= 11 is 0. The van der Waals surface area contributed by atoms with Gasteiger partial charge in [0, 0.05) is 12.2 Å². The van der Waals surface area contributed by atoms with Gasteiger partial charge in [0.05, 0.1) is 5.69 Å². The van der Waals surface area contributed by atoms with Crippen molar-refractivity contribution in [2.45, 2.75) is 46.2 Å². The SMILES string of the molecule is Cc1cccc(CN2CCCC(C)(C)C2C(=O)O)n1. The molecule has 1 aromatic heterocycles. The van der Waals surface area contributed by atoms with Gasteiger partial charge in [0.25, 0.3) is 0 Å². The van der Waals surface area contributed by atoms with Crippen molar-refractivity contribution in [3.05, 3.63) is 29.6 Å². The number of pyridine rings is 1. The van der Waals surface area contributed by atoms with E-state index < -0.39 is 12.0 Å². The minimum absolute atomic E-state index is 0.187. The van der Waals surface area contributed by atoms with Crippen LogP contribution in [0.5, 0.6) is 0 Å². The third kappa shape index (κ3) is 3.13. The van der Waals surface area contributed by atoms with E-state index in [1.807, 2.05) is 43.9 Å². The first-order chi connectivity index (χ1) is 8.90. The van der Waals surface area contributed by atoms with Gasteiger partial charge in [-0.1, -0.05) is 19.9 Å². The first kappa shape index (κ1) is 14.0. The summed E-state index contributed by atoms with van der Waals surface area (Å²) in [5.74, 6) is -0.725. The first-order valence-corrected chi connectivity index (χ1v) is 6.79. The van der Waals surface area contributed by atoms with Crippen LogP contribution in [-0.2, 0) is 11.3 Å². The molecule has 0 spiro atoms. The minimum Gasteiger partial charge on any atom is -0.480 e. The van der Waals surface area contributed by atoms with E-state index in [4.69, 9.17) is 0 Å². The maximum Gasteiger partial charge on any atom is 0.321 e. The molecule has 4 nitrogen and oxygen atoms in total. The molecule has 0 bridgehead atoms. The summed E-state index contributed by atoms with van der Waals surface area (Å²) in [5, 5.41) is 9.51. The highest BCUT2D eigenvalue weighted by molar-refractivity contribution is 5.74. The second-order valence-electron chi connectivity index (χ2n) is 6.07. The lowest BCUT2D eigenvalue weighted by Crippen LogP contribution is -2.53.